The normalized spacial score (nSPS) is 10.5. The molecular formula is C23H21N4O7-. The van der Waals surface area contributed by atoms with Crippen LogP contribution in [-0.2, 0) is 6.54 Å². The number of hydrogen-bond donors (Lipinski definition) is 2. The van der Waals surface area contributed by atoms with E-state index in [0.29, 0.717) is 18.6 Å². The van der Waals surface area contributed by atoms with Crippen molar-refractivity contribution in [2.45, 2.75) is 25.8 Å². The molecule has 0 spiro atoms. The molecule has 0 saturated carbocycles. The lowest BCUT2D eigenvalue weighted by Gasteiger charge is -2.11. The molecule has 2 aromatic carbocycles. The summed E-state index contributed by atoms with van der Waals surface area (Å²) in [5.74, 6) is -0.210. The van der Waals surface area contributed by atoms with Crippen molar-refractivity contribution in [3.63, 3.8) is 0 Å². The van der Waals surface area contributed by atoms with Crippen LogP contribution in [0.1, 0.15) is 29.8 Å². The number of nitroso groups, excluding NO2 is 1. The van der Waals surface area contributed by atoms with Crippen molar-refractivity contribution in [2.24, 2.45) is 5.18 Å². The van der Waals surface area contributed by atoms with Gasteiger partial charge in [-0.1, -0.05) is 5.16 Å². The van der Waals surface area contributed by atoms with Crippen molar-refractivity contribution in [3.05, 3.63) is 71.8 Å². The van der Waals surface area contributed by atoms with Crippen LogP contribution < -0.4 is 4.74 Å². The van der Waals surface area contributed by atoms with Crippen LogP contribution in [-0.4, -0.2) is 36.2 Å². The van der Waals surface area contributed by atoms with Gasteiger partial charge in [0.2, 0.25) is 0 Å². The highest BCUT2D eigenvalue weighted by atomic mass is 16.5. The van der Waals surface area contributed by atoms with Gasteiger partial charge < -0.3 is 29.5 Å². The quantitative estimate of drug-likeness (QED) is 0.185. The largest absolute Gasteiger partial charge is 0.870 e. The highest BCUT2D eigenvalue weighted by molar-refractivity contribution is 5.95. The van der Waals surface area contributed by atoms with Gasteiger partial charge in [0.05, 0.1) is 6.33 Å². The number of carbonyl (C=O) groups excluding carboxylic acids is 1. The second-order valence-electron chi connectivity index (χ2n) is 7.28. The molecule has 4 aromatic rings. The predicted molar refractivity (Wildman–Crippen MR) is 120 cm³/mol. The summed E-state index contributed by atoms with van der Waals surface area (Å²) in [4.78, 5) is 27.1. The Bertz CT molecular complexity index is 1250. The van der Waals surface area contributed by atoms with E-state index >= 15 is 0 Å². The molecule has 0 aliphatic carbocycles. The van der Waals surface area contributed by atoms with Crippen molar-refractivity contribution >= 4 is 11.5 Å². The number of carbonyl (C=O) groups is 1. The molecule has 0 saturated heterocycles. The Morgan fingerprint density at radius 3 is 2.62 bits per heavy atom. The maximum Gasteiger partial charge on any atom is 0.184 e. The average molecular weight is 465 g/mol. The van der Waals surface area contributed by atoms with Crippen molar-refractivity contribution < 1.29 is 29.7 Å². The fraction of sp³-hybridized carbons (Fsp3) is 0.174. The molecule has 2 aromatic heterocycles. The molecule has 0 unspecified atom stereocenters. The standard InChI is InChI=1S/C23H20N4O6.H2O/c28-16-11-20(30)23(21(12-16)32-17-6-4-15(25-31)5-7-17)22-13-18(26-33-22)19(29)3-1-2-9-27-10-8-24-14-27;/h4-8,10-14,28,30H,1-3,9H2;1H2/p-1. The number of aromatic nitrogens is 3. The van der Waals surface area contributed by atoms with Gasteiger partial charge in [-0.3, -0.25) is 4.79 Å². The summed E-state index contributed by atoms with van der Waals surface area (Å²) in [5.41, 5.74) is 0.481. The Morgan fingerprint density at radius 2 is 1.91 bits per heavy atom. The summed E-state index contributed by atoms with van der Waals surface area (Å²) >= 11 is 0. The first-order chi connectivity index (χ1) is 16.0. The van der Waals surface area contributed by atoms with Crippen molar-refractivity contribution in [1.82, 2.24) is 14.7 Å². The molecule has 0 aliphatic rings. The molecule has 0 amide bonds. The van der Waals surface area contributed by atoms with Crippen LogP contribution in [0.15, 0.2) is 70.9 Å². The number of ether oxygens (including phenoxy) is 1. The van der Waals surface area contributed by atoms with E-state index in [1.165, 1.54) is 36.4 Å². The van der Waals surface area contributed by atoms with Gasteiger partial charge in [-0.15, -0.1) is 4.91 Å². The first-order valence-corrected chi connectivity index (χ1v) is 10.2. The molecule has 0 radical (unpaired) electrons. The molecule has 0 fully saturated rings. The minimum atomic E-state index is -0.313. The van der Waals surface area contributed by atoms with Crippen LogP contribution in [0.25, 0.3) is 11.3 Å². The predicted octanol–water partition coefficient (Wildman–Crippen LogP) is 5.02. The van der Waals surface area contributed by atoms with E-state index in [9.17, 15) is 19.9 Å². The Kier molecular flexibility index (Phi) is 7.72. The Morgan fingerprint density at radius 1 is 1.12 bits per heavy atom. The molecule has 0 aliphatic heterocycles. The third-order valence-electron chi connectivity index (χ3n) is 4.91. The molecule has 176 valence electrons. The smallest absolute Gasteiger partial charge is 0.184 e. The molecular weight excluding hydrogens is 444 g/mol. The second-order valence-corrected chi connectivity index (χ2v) is 7.28. The van der Waals surface area contributed by atoms with E-state index in [1.54, 1.807) is 12.5 Å². The fourth-order valence-electron chi connectivity index (χ4n) is 3.27. The molecule has 11 nitrogen and oxygen atoms in total. The number of imidazole rings is 1. The van der Waals surface area contributed by atoms with E-state index < -0.39 is 0 Å². The molecule has 3 N–H and O–H groups in total. The van der Waals surface area contributed by atoms with Gasteiger partial charge in [-0.05, 0) is 42.3 Å². The minimum absolute atomic E-state index is 0. The number of unbranched alkanes of at least 4 members (excludes halogenated alkanes) is 1. The number of Topliss-reactive ketones (excluding diaryl/α,β-unsaturated/α-hetero) is 1. The number of hydrogen-bond acceptors (Lipinski definition) is 10. The highest BCUT2D eigenvalue weighted by Gasteiger charge is 2.21. The maximum absolute atomic E-state index is 12.5. The molecule has 2 heterocycles. The van der Waals surface area contributed by atoms with E-state index in [0.717, 1.165) is 19.0 Å². The van der Waals surface area contributed by atoms with Crippen molar-refractivity contribution in [3.8, 4) is 34.3 Å². The first-order valence-electron chi connectivity index (χ1n) is 10.2. The number of rotatable bonds is 10. The summed E-state index contributed by atoms with van der Waals surface area (Å²) in [6, 6.07) is 9.80. The number of benzene rings is 2. The molecule has 11 heteroatoms. The van der Waals surface area contributed by atoms with Gasteiger partial charge in [-0.2, -0.15) is 0 Å². The lowest BCUT2D eigenvalue weighted by Crippen LogP contribution is -2.01. The fourth-order valence-corrected chi connectivity index (χ4v) is 3.27. The molecule has 0 atom stereocenters. The van der Waals surface area contributed by atoms with Crippen molar-refractivity contribution in [2.75, 3.05) is 0 Å². The van der Waals surface area contributed by atoms with Crippen LogP contribution in [0, 0.1) is 4.91 Å². The summed E-state index contributed by atoms with van der Waals surface area (Å²) in [6.45, 7) is 0.767. The summed E-state index contributed by atoms with van der Waals surface area (Å²) < 4.78 is 13.0. The Balaban J connectivity index is 0.00000324. The third-order valence-corrected chi connectivity index (χ3v) is 4.91. The number of aryl methyl sites for hydroxylation is 1. The Labute approximate surface area is 193 Å². The maximum atomic E-state index is 12.5. The minimum Gasteiger partial charge on any atom is -0.870 e. The van der Waals surface area contributed by atoms with Crippen molar-refractivity contribution in [1.29, 1.82) is 0 Å². The topological polar surface area (TPSA) is 170 Å². The third kappa shape index (κ3) is 5.64. The number of ketones is 1. The Hall–Kier alpha value is -4.51. The van der Waals surface area contributed by atoms with Crippen LogP contribution in [0.5, 0.6) is 23.0 Å². The van der Waals surface area contributed by atoms with E-state index in [4.69, 9.17) is 9.26 Å². The second kappa shape index (κ2) is 10.9. The van der Waals surface area contributed by atoms with Gasteiger partial charge in [-0.25, -0.2) is 4.98 Å². The van der Waals surface area contributed by atoms with E-state index in [-0.39, 0.29) is 51.2 Å². The average Bonchev–Trinajstić information content (AvgIpc) is 3.49. The first kappa shape index (κ1) is 24.1. The van der Waals surface area contributed by atoms with E-state index in [2.05, 4.69) is 15.3 Å². The van der Waals surface area contributed by atoms with Gasteiger partial charge in [0.25, 0.3) is 0 Å². The van der Waals surface area contributed by atoms with Gasteiger partial charge in [0.1, 0.15) is 39.9 Å². The lowest BCUT2D eigenvalue weighted by molar-refractivity contribution is 0.0970. The lowest BCUT2D eigenvalue weighted by atomic mass is 10.1. The number of phenols is 2. The van der Waals surface area contributed by atoms with Crippen LogP contribution in [0.4, 0.5) is 5.69 Å². The molecule has 0 bridgehead atoms. The monoisotopic (exact) mass is 465 g/mol. The number of phenolic OH excluding ortho intramolecular Hbond substituents is 2. The zero-order valence-corrected chi connectivity index (χ0v) is 17.9. The van der Waals surface area contributed by atoms with Gasteiger partial charge in [0, 0.05) is 43.6 Å². The summed E-state index contributed by atoms with van der Waals surface area (Å²) in [6.07, 6.45) is 7.07. The van der Waals surface area contributed by atoms with Crippen LogP contribution >= 0.6 is 0 Å². The number of nitrogens with zero attached hydrogens (tertiary/aromatic N) is 4. The zero-order valence-electron chi connectivity index (χ0n) is 17.9. The highest BCUT2D eigenvalue weighted by Crippen LogP contribution is 2.43. The molecule has 4 rings (SSSR count). The summed E-state index contributed by atoms with van der Waals surface area (Å²) in [7, 11) is 0. The summed E-state index contributed by atoms with van der Waals surface area (Å²) in [5, 5.41) is 27.0. The van der Waals surface area contributed by atoms with Gasteiger partial charge in [0.15, 0.2) is 11.5 Å². The van der Waals surface area contributed by atoms with Crippen LogP contribution in [0.2, 0.25) is 0 Å². The van der Waals surface area contributed by atoms with Crippen LogP contribution in [0.3, 0.4) is 0 Å². The van der Waals surface area contributed by atoms with Gasteiger partial charge >= 0.3 is 0 Å². The van der Waals surface area contributed by atoms with E-state index in [1.807, 2.05) is 10.8 Å². The zero-order chi connectivity index (χ0) is 23.2. The molecule has 34 heavy (non-hydrogen) atoms. The SMILES string of the molecule is O=Nc1ccc(Oc2cc(O)cc(O)c2-c2cc(C(=O)CCCCn3ccnc3)no2)cc1.[OH-]. The number of aromatic hydroxyl groups is 2.